The molecule has 9 heteroatoms. The van der Waals surface area contributed by atoms with Crippen LogP contribution in [0.2, 0.25) is 0 Å². The molecule has 11 rings (SSSR count). The zero-order chi connectivity index (χ0) is 69.9. The maximum absolute atomic E-state index is 11.6. The average molecular weight is 1400 g/mol. The van der Waals surface area contributed by atoms with Crippen LogP contribution in [0.5, 0.6) is 11.5 Å². The summed E-state index contributed by atoms with van der Waals surface area (Å²) in [5.41, 5.74) is 12.7. The highest BCUT2D eigenvalue weighted by Crippen LogP contribution is 2.39. The van der Waals surface area contributed by atoms with Gasteiger partial charge in [-0.3, -0.25) is 14.4 Å². The van der Waals surface area contributed by atoms with Crippen LogP contribution in [-0.2, 0) is 14.4 Å². The summed E-state index contributed by atoms with van der Waals surface area (Å²) in [6, 6.07) is 85.8. The molecule has 2 aromatic heterocycles. The third kappa shape index (κ3) is 28.2. The molecule has 0 spiro atoms. The summed E-state index contributed by atoms with van der Waals surface area (Å²) < 4.78 is 13.6. The molecule has 100 heavy (non-hydrogen) atoms. The van der Waals surface area contributed by atoms with E-state index in [0.717, 1.165) is 119 Å². The lowest BCUT2D eigenvalue weighted by atomic mass is 10.0. The standard InChI is InChI=1S/C40H47BrN2O2S.3C17H14O/c1-3-5-7-9-11-13-26-44-32-20-15-18-30(28-32)38-39(31-19-16-21-33(29-31)45-27-14-12-10-8-6-4-2)43-40-34(22-17-23-35(40)42-38)36-24-25-37(41)46-36;3*18-17(13-11-15-7-3-1-4-8-15)14-12-16-9-5-2-6-10-16/h15-25,28-29H,3-14,26-27H2,1-2H3;3*1-14H. The summed E-state index contributed by atoms with van der Waals surface area (Å²) >= 11 is 5.34. The number of carbonyl (C=O) groups excluding carboxylic acids is 3. The molecule has 0 saturated carbocycles. The number of carbonyl (C=O) groups is 3. The number of ketones is 3. The molecule has 0 unspecified atom stereocenters. The molecule has 9 aromatic carbocycles. The summed E-state index contributed by atoms with van der Waals surface area (Å²) in [7, 11) is 0. The molecule has 0 amide bonds. The number of unbranched alkanes of at least 4 members (excludes halogenated alkanes) is 10. The molecule has 0 N–H and O–H groups in total. The lowest BCUT2D eigenvalue weighted by Gasteiger charge is -2.14. The van der Waals surface area contributed by atoms with E-state index in [0.29, 0.717) is 0 Å². The van der Waals surface area contributed by atoms with Crippen molar-refractivity contribution in [2.24, 2.45) is 0 Å². The molecular weight excluding hydrogens is 1310 g/mol. The highest BCUT2D eigenvalue weighted by atomic mass is 79.9. The largest absolute Gasteiger partial charge is 0.494 e. The molecule has 2 heterocycles. The van der Waals surface area contributed by atoms with Crippen molar-refractivity contribution in [1.82, 2.24) is 9.97 Å². The van der Waals surface area contributed by atoms with Crippen molar-refractivity contribution in [1.29, 1.82) is 0 Å². The van der Waals surface area contributed by atoms with Gasteiger partial charge in [-0.15, -0.1) is 11.3 Å². The maximum Gasteiger partial charge on any atom is 0.178 e. The number of hydrogen-bond donors (Lipinski definition) is 0. The molecule has 0 saturated heterocycles. The minimum atomic E-state index is -0.0114. The molecule has 0 atom stereocenters. The molecule has 0 aliphatic rings. The van der Waals surface area contributed by atoms with E-state index in [9.17, 15) is 14.4 Å². The summed E-state index contributed by atoms with van der Waals surface area (Å²) in [6.45, 7) is 5.96. The first-order valence-corrected chi connectivity index (χ1v) is 36.3. The molecule has 7 nitrogen and oxygen atoms in total. The number of thiophene rings is 1. The zero-order valence-electron chi connectivity index (χ0n) is 57.4. The predicted octanol–water partition coefficient (Wildman–Crippen LogP) is 24.9. The monoisotopic (exact) mass is 1400 g/mol. The Labute approximate surface area is 604 Å². The van der Waals surface area contributed by atoms with Gasteiger partial charge >= 0.3 is 0 Å². The fourth-order valence-electron chi connectivity index (χ4n) is 10.4. The number of rotatable bonds is 31. The second-order valence-electron chi connectivity index (χ2n) is 23.7. The van der Waals surface area contributed by atoms with Gasteiger partial charge in [-0.2, -0.15) is 0 Å². The number of allylic oxidation sites excluding steroid dienone is 6. The Morgan fingerprint density at radius 2 is 0.670 bits per heavy atom. The normalized spacial score (nSPS) is 11.2. The third-order valence-electron chi connectivity index (χ3n) is 15.7. The smallest absolute Gasteiger partial charge is 0.178 e. The molecule has 0 fully saturated rings. The van der Waals surface area contributed by atoms with Gasteiger partial charge in [0.05, 0.1) is 39.4 Å². The van der Waals surface area contributed by atoms with Crippen LogP contribution in [0.3, 0.4) is 0 Å². The Morgan fingerprint density at radius 1 is 0.350 bits per heavy atom. The Morgan fingerprint density at radius 3 is 1.00 bits per heavy atom. The van der Waals surface area contributed by atoms with E-state index in [-0.39, 0.29) is 17.3 Å². The van der Waals surface area contributed by atoms with Crippen molar-refractivity contribution in [3.63, 3.8) is 0 Å². The van der Waals surface area contributed by atoms with Gasteiger partial charge in [0.15, 0.2) is 17.3 Å². The van der Waals surface area contributed by atoms with Crippen LogP contribution in [0.1, 0.15) is 124 Å². The molecule has 0 radical (unpaired) electrons. The van der Waals surface area contributed by atoms with Crippen molar-refractivity contribution in [2.45, 2.75) is 90.9 Å². The van der Waals surface area contributed by atoms with Crippen LogP contribution >= 0.6 is 27.3 Å². The minimum Gasteiger partial charge on any atom is -0.494 e. The fourth-order valence-corrected chi connectivity index (χ4v) is 11.8. The third-order valence-corrected chi connectivity index (χ3v) is 17.4. The van der Waals surface area contributed by atoms with Crippen molar-refractivity contribution in [3.05, 3.63) is 334 Å². The number of ether oxygens (including phenoxy) is 2. The first-order chi connectivity index (χ1) is 49.2. The van der Waals surface area contributed by atoms with Crippen LogP contribution in [0.25, 0.3) is 80.4 Å². The van der Waals surface area contributed by atoms with Crippen LogP contribution in [0, 0.1) is 0 Å². The second-order valence-corrected chi connectivity index (χ2v) is 26.1. The number of benzene rings is 9. The number of nitrogens with zero attached hydrogens (tertiary/aromatic N) is 2. The van der Waals surface area contributed by atoms with Crippen molar-refractivity contribution in [3.8, 4) is 44.5 Å². The Bertz CT molecular complexity index is 3980. The van der Waals surface area contributed by atoms with Gasteiger partial charge in [0.2, 0.25) is 0 Å². The Hall–Kier alpha value is -10.5. The van der Waals surface area contributed by atoms with Crippen molar-refractivity contribution in [2.75, 3.05) is 13.2 Å². The first-order valence-electron chi connectivity index (χ1n) is 34.7. The average Bonchev–Trinajstić information content (AvgIpc) is 1.05. The van der Waals surface area contributed by atoms with Gasteiger partial charge in [-0.05, 0) is 141 Å². The highest BCUT2D eigenvalue weighted by Gasteiger charge is 2.18. The lowest BCUT2D eigenvalue weighted by Crippen LogP contribution is -2.00. The number of aromatic nitrogens is 2. The van der Waals surface area contributed by atoms with Crippen LogP contribution in [0.15, 0.2) is 301 Å². The SMILES string of the molecule is CCCCCCCCOc1cccc(-c2nc3cccc(-c4ccc(Br)s4)c3nc2-c2cccc(OCCCCCCCC)c2)c1.O=C(C=Cc1ccccc1)C=Cc1ccccc1.O=C(C=Cc1ccccc1)C=Cc1ccccc1.O=C(C=Cc1ccccc1)C=Cc1ccccc1. The van der Waals surface area contributed by atoms with Crippen LogP contribution < -0.4 is 9.47 Å². The van der Waals surface area contributed by atoms with Gasteiger partial charge in [0.1, 0.15) is 11.5 Å². The van der Waals surface area contributed by atoms with E-state index >= 15 is 0 Å². The highest BCUT2D eigenvalue weighted by molar-refractivity contribution is 9.11. The fraction of sp³-hybridized carbons (Fsp3) is 0.176. The number of hydrogen-bond acceptors (Lipinski definition) is 8. The second kappa shape index (κ2) is 44.5. The quantitative estimate of drug-likeness (QED) is 0.0315. The molecule has 0 aliphatic carbocycles. The van der Waals surface area contributed by atoms with Gasteiger partial charge in [-0.25, -0.2) is 9.97 Å². The van der Waals surface area contributed by atoms with Gasteiger partial charge in [-0.1, -0.05) is 333 Å². The first kappa shape index (κ1) is 75.3. The predicted molar refractivity (Wildman–Crippen MR) is 427 cm³/mol. The van der Waals surface area contributed by atoms with Crippen molar-refractivity contribution >= 4 is 92.1 Å². The number of halogens is 1. The van der Waals surface area contributed by atoms with Crippen LogP contribution in [0.4, 0.5) is 0 Å². The summed E-state index contributed by atoms with van der Waals surface area (Å²) in [5.74, 6) is 1.70. The molecule has 11 aromatic rings. The maximum atomic E-state index is 11.6. The Balaban J connectivity index is 0.000000193. The van der Waals surface area contributed by atoms with E-state index in [1.165, 1.54) is 64.2 Å². The molecule has 0 aliphatic heterocycles. The summed E-state index contributed by atoms with van der Waals surface area (Å²) in [5, 5.41) is 0. The molecular formula is C91H89BrN2O5S. The lowest BCUT2D eigenvalue weighted by molar-refractivity contribution is -0.111. The zero-order valence-corrected chi connectivity index (χ0v) is 59.8. The number of fused-ring (bicyclic) bond motifs is 1. The Kier molecular flexibility index (Phi) is 33.5. The van der Waals surface area contributed by atoms with Crippen LogP contribution in [-0.4, -0.2) is 40.5 Å². The topological polar surface area (TPSA) is 95.5 Å². The number of para-hydroxylation sites is 1. The van der Waals surface area contributed by atoms with E-state index < -0.39 is 0 Å². The van der Waals surface area contributed by atoms with E-state index in [1.807, 2.05) is 231 Å². The van der Waals surface area contributed by atoms with E-state index in [4.69, 9.17) is 19.4 Å². The minimum absolute atomic E-state index is 0.0114. The van der Waals surface area contributed by atoms with E-state index in [2.05, 4.69) is 96.5 Å². The molecule has 506 valence electrons. The molecule has 0 bridgehead atoms. The summed E-state index contributed by atoms with van der Waals surface area (Å²) in [6.07, 6.45) is 35.3. The summed E-state index contributed by atoms with van der Waals surface area (Å²) in [4.78, 5) is 46.6. The van der Waals surface area contributed by atoms with Gasteiger partial charge in [0.25, 0.3) is 0 Å². The van der Waals surface area contributed by atoms with Gasteiger partial charge < -0.3 is 9.47 Å². The van der Waals surface area contributed by atoms with E-state index in [1.54, 1.807) is 47.8 Å². The van der Waals surface area contributed by atoms with Gasteiger partial charge in [0, 0.05) is 21.6 Å². The van der Waals surface area contributed by atoms with Crippen molar-refractivity contribution < 1.29 is 23.9 Å².